The van der Waals surface area contributed by atoms with Gasteiger partial charge in [-0.15, -0.1) is 5.75 Å². The van der Waals surface area contributed by atoms with E-state index in [0.29, 0.717) is 0 Å². The molecule has 3 nitrogen and oxygen atoms in total. The van der Waals surface area contributed by atoms with Crippen molar-refractivity contribution in [2.75, 3.05) is 0 Å². The second kappa shape index (κ2) is 6.68. The van der Waals surface area contributed by atoms with Gasteiger partial charge in [-0.3, -0.25) is 0 Å². The summed E-state index contributed by atoms with van der Waals surface area (Å²) >= 11 is 0. The van der Waals surface area contributed by atoms with Crippen LogP contribution in [-0.4, -0.2) is 11.1 Å². The highest BCUT2D eigenvalue weighted by molar-refractivity contribution is 5.93. The van der Waals surface area contributed by atoms with Crippen LogP contribution in [0.3, 0.4) is 0 Å². The van der Waals surface area contributed by atoms with Crippen molar-refractivity contribution in [2.24, 2.45) is 0 Å². The first-order chi connectivity index (χ1) is 12.3. The molecule has 0 aliphatic rings. The van der Waals surface area contributed by atoms with Crippen molar-refractivity contribution in [2.45, 2.75) is 26.2 Å². The number of carboxylic acids is 1. The zero-order valence-electron chi connectivity index (χ0n) is 15.1. The number of aromatic carboxylic acids is 1. The van der Waals surface area contributed by atoms with E-state index in [1.54, 1.807) is 24.3 Å². The first kappa shape index (κ1) is 17.7. The molecule has 3 heteroatoms. The van der Waals surface area contributed by atoms with Crippen LogP contribution in [0.25, 0.3) is 22.3 Å². The van der Waals surface area contributed by atoms with Gasteiger partial charge in [0.25, 0.3) is 0 Å². The summed E-state index contributed by atoms with van der Waals surface area (Å²) in [6.07, 6.45) is 0. The van der Waals surface area contributed by atoms with Crippen LogP contribution in [0, 0.1) is 0 Å². The Bertz CT molecular complexity index is 951. The smallest absolute Gasteiger partial charge is 0.335 e. The zero-order valence-corrected chi connectivity index (χ0v) is 15.1. The standard InChI is InChI=1S/C23H22O3/c1-23(2,3)20-14-16(10-12-21(20)24)19-13-17(22(25)26)9-11-18(19)15-7-5-4-6-8-15/h4-14,24H,1-3H3,(H,25,26)/p-1. The van der Waals surface area contributed by atoms with Crippen molar-refractivity contribution in [3.63, 3.8) is 0 Å². The molecule has 0 aliphatic heterocycles. The Morgan fingerprint density at radius 3 is 2.15 bits per heavy atom. The molecule has 1 N–H and O–H groups in total. The minimum Gasteiger partial charge on any atom is -0.872 e. The molecule has 3 aromatic rings. The summed E-state index contributed by atoms with van der Waals surface area (Å²) in [4.78, 5) is 11.5. The summed E-state index contributed by atoms with van der Waals surface area (Å²) < 4.78 is 0. The average Bonchev–Trinajstić information content (AvgIpc) is 2.61. The van der Waals surface area contributed by atoms with Gasteiger partial charge in [0.15, 0.2) is 0 Å². The summed E-state index contributed by atoms with van der Waals surface area (Å²) in [6.45, 7) is 6.00. The zero-order chi connectivity index (χ0) is 18.9. The largest absolute Gasteiger partial charge is 0.872 e. The van der Waals surface area contributed by atoms with Gasteiger partial charge in [-0.05, 0) is 45.4 Å². The SMILES string of the molecule is CC(C)(C)c1cc(-c2cc(C(=O)O)ccc2-c2ccccc2)ccc1[O-]. The highest BCUT2D eigenvalue weighted by Crippen LogP contribution is 2.37. The van der Waals surface area contributed by atoms with E-state index in [9.17, 15) is 15.0 Å². The Balaban J connectivity index is 2.26. The third-order valence-electron chi connectivity index (χ3n) is 4.45. The van der Waals surface area contributed by atoms with Gasteiger partial charge >= 0.3 is 5.97 Å². The van der Waals surface area contributed by atoms with E-state index in [4.69, 9.17) is 0 Å². The Morgan fingerprint density at radius 2 is 1.54 bits per heavy atom. The van der Waals surface area contributed by atoms with Gasteiger partial charge in [-0.2, -0.15) is 0 Å². The molecule has 132 valence electrons. The number of benzene rings is 3. The minimum atomic E-state index is -0.970. The van der Waals surface area contributed by atoms with Crippen LogP contribution >= 0.6 is 0 Å². The fourth-order valence-corrected chi connectivity index (χ4v) is 3.07. The lowest BCUT2D eigenvalue weighted by Crippen LogP contribution is -2.14. The molecular formula is C23H21O3-. The number of hydrogen-bond acceptors (Lipinski definition) is 2. The molecule has 0 fully saturated rings. The van der Waals surface area contributed by atoms with E-state index in [0.717, 1.165) is 27.8 Å². The molecule has 0 unspecified atom stereocenters. The highest BCUT2D eigenvalue weighted by Gasteiger charge is 2.17. The Kier molecular flexibility index (Phi) is 4.56. The second-order valence-corrected chi connectivity index (χ2v) is 7.39. The van der Waals surface area contributed by atoms with Gasteiger partial charge in [0.1, 0.15) is 0 Å². The summed E-state index contributed by atoms with van der Waals surface area (Å²) in [7, 11) is 0. The number of carbonyl (C=O) groups is 1. The van der Waals surface area contributed by atoms with E-state index in [1.165, 1.54) is 0 Å². The minimum absolute atomic E-state index is 0.00287. The summed E-state index contributed by atoms with van der Waals surface area (Å²) in [5.41, 5.74) is 4.25. The third kappa shape index (κ3) is 3.47. The maximum Gasteiger partial charge on any atom is 0.335 e. The average molecular weight is 345 g/mol. The van der Waals surface area contributed by atoms with Crippen LogP contribution < -0.4 is 5.11 Å². The molecule has 0 saturated heterocycles. The van der Waals surface area contributed by atoms with Gasteiger partial charge in [0.2, 0.25) is 0 Å². The van der Waals surface area contributed by atoms with Crippen LogP contribution in [0.2, 0.25) is 0 Å². The van der Waals surface area contributed by atoms with Gasteiger partial charge in [-0.1, -0.05) is 75.4 Å². The van der Waals surface area contributed by atoms with Crippen molar-refractivity contribution in [1.29, 1.82) is 0 Å². The maximum atomic E-state index is 12.3. The summed E-state index contributed by atoms with van der Waals surface area (Å²) in [6, 6.07) is 20.2. The quantitative estimate of drug-likeness (QED) is 0.719. The third-order valence-corrected chi connectivity index (χ3v) is 4.45. The van der Waals surface area contributed by atoms with Crippen molar-refractivity contribution >= 4 is 5.97 Å². The van der Waals surface area contributed by atoms with Crippen molar-refractivity contribution in [1.82, 2.24) is 0 Å². The van der Waals surface area contributed by atoms with Crippen molar-refractivity contribution in [3.8, 4) is 28.0 Å². The maximum absolute atomic E-state index is 12.3. The lowest BCUT2D eigenvalue weighted by Gasteiger charge is -2.27. The fourth-order valence-electron chi connectivity index (χ4n) is 3.07. The molecule has 0 saturated carbocycles. The van der Waals surface area contributed by atoms with Crippen LogP contribution in [0.4, 0.5) is 0 Å². The monoisotopic (exact) mass is 345 g/mol. The topological polar surface area (TPSA) is 60.4 Å². The van der Waals surface area contributed by atoms with Crippen molar-refractivity contribution in [3.05, 3.63) is 77.9 Å². The molecule has 0 atom stereocenters. The number of carboxylic acid groups (broad SMARTS) is 1. The second-order valence-electron chi connectivity index (χ2n) is 7.39. The molecule has 0 heterocycles. The Hall–Kier alpha value is -3.07. The number of hydrogen-bond donors (Lipinski definition) is 1. The Labute approximate surface area is 153 Å². The molecule has 26 heavy (non-hydrogen) atoms. The van der Waals surface area contributed by atoms with Crippen LogP contribution in [-0.2, 0) is 5.41 Å². The molecule has 0 aliphatic carbocycles. The normalized spacial score (nSPS) is 11.3. The fraction of sp³-hybridized carbons (Fsp3) is 0.174. The summed E-state index contributed by atoms with van der Waals surface area (Å²) in [5, 5.41) is 21.7. The molecule has 0 spiro atoms. The number of rotatable bonds is 3. The molecular weight excluding hydrogens is 324 g/mol. The first-order valence-electron chi connectivity index (χ1n) is 8.52. The van der Waals surface area contributed by atoms with E-state index in [1.807, 2.05) is 63.2 Å². The predicted octanol–water partition coefficient (Wildman–Crippen LogP) is 5.09. The highest BCUT2D eigenvalue weighted by atomic mass is 16.4. The van der Waals surface area contributed by atoms with Gasteiger partial charge in [0.05, 0.1) is 5.56 Å². The predicted molar refractivity (Wildman–Crippen MR) is 102 cm³/mol. The van der Waals surface area contributed by atoms with Gasteiger partial charge < -0.3 is 10.2 Å². The van der Waals surface area contributed by atoms with Crippen LogP contribution in [0.5, 0.6) is 5.75 Å². The first-order valence-corrected chi connectivity index (χ1v) is 8.52. The molecule has 3 aromatic carbocycles. The van der Waals surface area contributed by atoms with Crippen LogP contribution in [0.15, 0.2) is 66.7 Å². The molecule has 0 radical (unpaired) electrons. The van der Waals surface area contributed by atoms with Crippen LogP contribution in [0.1, 0.15) is 36.7 Å². The molecule has 3 rings (SSSR count). The molecule has 0 bridgehead atoms. The Morgan fingerprint density at radius 1 is 0.846 bits per heavy atom. The van der Waals surface area contributed by atoms with Gasteiger partial charge in [0, 0.05) is 0 Å². The molecule has 0 aromatic heterocycles. The van der Waals surface area contributed by atoms with E-state index < -0.39 is 5.97 Å². The molecule has 0 amide bonds. The van der Waals surface area contributed by atoms with E-state index >= 15 is 0 Å². The lowest BCUT2D eigenvalue weighted by molar-refractivity contribution is -0.270. The lowest BCUT2D eigenvalue weighted by atomic mass is 9.83. The van der Waals surface area contributed by atoms with E-state index in [2.05, 4.69) is 0 Å². The van der Waals surface area contributed by atoms with Crippen molar-refractivity contribution < 1.29 is 15.0 Å². The summed E-state index contributed by atoms with van der Waals surface area (Å²) in [5.74, 6) is -0.973. The van der Waals surface area contributed by atoms with E-state index in [-0.39, 0.29) is 16.7 Å². The van der Waals surface area contributed by atoms with Gasteiger partial charge in [-0.25, -0.2) is 4.79 Å².